The predicted molar refractivity (Wildman–Crippen MR) is 43.8 cm³/mol. The van der Waals surface area contributed by atoms with Crippen LogP contribution >= 0.6 is 0 Å². The second kappa shape index (κ2) is 4.19. The van der Waals surface area contributed by atoms with Crippen LogP contribution in [0, 0.1) is 11.3 Å². The first-order valence-electron chi connectivity index (χ1n) is 3.86. The van der Waals surface area contributed by atoms with Crippen LogP contribution < -0.4 is 4.74 Å². The van der Waals surface area contributed by atoms with E-state index >= 15 is 0 Å². The van der Waals surface area contributed by atoms with E-state index in [4.69, 9.17) is 10.4 Å². The van der Waals surface area contributed by atoms with Gasteiger partial charge in [0.15, 0.2) is 0 Å². The van der Waals surface area contributed by atoms with Crippen molar-refractivity contribution in [3.63, 3.8) is 0 Å². The maximum atomic E-state index is 11.9. The lowest BCUT2D eigenvalue weighted by Crippen LogP contribution is -2.18. The quantitative estimate of drug-likeness (QED) is 0.823. The van der Waals surface area contributed by atoms with E-state index in [-0.39, 0.29) is 11.1 Å². The average molecular weight is 217 g/mol. The summed E-state index contributed by atoms with van der Waals surface area (Å²) in [7, 11) is 0. The van der Waals surface area contributed by atoms with Crippen molar-refractivity contribution in [2.75, 3.05) is 0 Å². The van der Waals surface area contributed by atoms with Gasteiger partial charge in [0.2, 0.25) is 0 Å². The highest BCUT2D eigenvalue weighted by molar-refractivity contribution is 5.42. The normalized spacial score (nSPS) is 10.9. The number of aliphatic hydroxyl groups is 1. The number of halogens is 3. The van der Waals surface area contributed by atoms with Crippen LogP contribution in [0.1, 0.15) is 11.1 Å². The van der Waals surface area contributed by atoms with Crippen molar-refractivity contribution in [3.8, 4) is 11.8 Å². The largest absolute Gasteiger partial charge is 0.573 e. The summed E-state index contributed by atoms with van der Waals surface area (Å²) in [5, 5.41) is 17.2. The molecule has 15 heavy (non-hydrogen) atoms. The van der Waals surface area contributed by atoms with Crippen molar-refractivity contribution in [2.45, 2.75) is 13.0 Å². The molecular formula is C9H6F3NO2. The number of hydrogen-bond acceptors (Lipinski definition) is 3. The third kappa shape index (κ3) is 3.14. The molecule has 0 saturated carbocycles. The van der Waals surface area contributed by atoms with E-state index in [0.717, 1.165) is 6.07 Å². The second-order valence-electron chi connectivity index (χ2n) is 2.64. The van der Waals surface area contributed by atoms with E-state index in [9.17, 15) is 13.2 Å². The fourth-order valence-corrected chi connectivity index (χ4v) is 0.974. The van der Waals surface area contributed by atoms with E-state index in [1.54, 1.807) is 6.07 Å². The lowest BCUT2D eigenvalue weighted by Gasteiger charge is -2.11. The number of nitriles is 1. The monoisotopic (exact) mass is 217 g/mol. The van der Waals surface area contributed by atoms with E-state index in [1.807, 2.05) is 0 Å². The number of rotatable bonds is 2. The lowest BCUT2D eigenvalue weighted by molar-refractivity contribution is -0.275. The smallest absolute Gasteiger partial charge is 0.405 e. The van der Waals surface area contributed by atoms with Crippen molar-refractivity contribution in [1.82, 2.24) is 0 Å². The molecule has 80 valence electrons. The lowest BCUT2D eigenvalue weighted by atomic mass is 10.1. The van der Waals surface area contributed by atoms with Crippen LogP contribution in [-0.2, 0) is 6.61 Å². The number of ether oxygens (including phenoxy) is 1. The molecule has 0 saturated heterocycles. The summed E-state index contributed by atoms with van der Waals surface area (Å²) in [6.45, 7) is -0.586. The van der Waals surface area contributed by atoms with Gasteiger partial charge < -0.3 is 9.84 Å². The zero-order valence-corrected chi connectivity index (χ0v) is 7.38. The molecule has 1 aromatic carbocycles. The number of hydrogen-bond donors (Lipinski definition) is 1. The van der Waals surface area contributed by atoms with Gasteiger partial charge in [-0.15, -0.1) is 13.2 Å². The maximum Gasteiger partial charge on any atom is 0.573 e. The zero-order valence-electron chi connectivity index (χ0n) is 7.38. The number of aliphatic hydroxyl groups excluding tert-OH is 1. The molecule has 6 heteroatoms. The minimum Gasteiger partial charge on any atom is -0.405 e. The Morgan fingerprint density at radius 3 is 2.53 bits per heavy atom. The van der Waals surface area contributed by atoms with Crippen LogP contribution in [0.3, 0.4) is 0 Å². The molecular weight excluding hydrogens is 211 g/mol. The molecule has 1 N–H and O–H groups in total. The average Bonchev–Trinajstić information content (AvgIpc) is 2.15. The molecule has 1 aromatic rings. The fourth-order valence-electron chi connectivity index (χ4n) is 0.974. The molecule has 0 fully saturated rings. The Morgan fingerprint density at radius 1 is 1.40 bits per heavy atom. The van der Waals surface area contributed by atoms with E-state index < -0.39 is 18.7 Å². The molecule has 0 unspecified atom stereocenters. The highest BCUT2D eigenvalue weighted by Crippen LogP contribution is 2.27. The first-order chi connectivity index (χ1) is 6.96. The molecule has 0 amide bonds. The first kappa shape index (κ1) is 11.3. The van der Waals surface area contributed by atoms with Gasteiger partial charge in [-0.25, -0.2) is 0 Å². The van der Waals surface area contributed by atoms with Gasteiger partial charge >= 0.3 is 6.36 Å². The van der Waals surface area contributed by atoms with E-state index in [1.165, 1.54) is 12.1 Å². The van der Waals surface area contributed by atoms with Crippen molar-refractivity contribution in [1.29, 1.82) is 5.26 Å². The Labute approximate surface area is 83.3 Å². The standard InChI is InChI=1S/C9H6F3NO2/c10-9(11,12)15-8-3-6(4-13)1-2-7(8)5-14/h1-3,14H,5H2. The summed E-state index contributed by atoms with van der Waals surface area (Å²) in [6, 6.07) is 5.11. The SMILES string of the molecule is N#Cc1ccc(CO)c(OC(F)(F)F)c1. The molecule has 1 rings (SSSR count). The Bertz CT molecular complexity index is 395. The number of nitrogens with zero attached hydrogens (tertiary/aromatic N) is 1. The van der Waals surface area contributed by atoms with Gasteiger partial charge in [0.1, 0.15) is 5.75 Å². The Balaban J connectivity index is 3.08. The van der Waals surface area contributed by atoms with Gasteiger partial charge in [-0.1, -0.05) is 6.07 Å². The van der Waals surface area contributed by atoms with Gasteiger partial charge in [0.05, 0.1) is 18.2 Å². The number of alkyl halides is 3. The third-order valence-electron chi connectivity index (χ3n) is 1.59. The molecule has 0 atom stereocenters. The second-order valence-corrected chi connectivity index (χ2v) is 2.64. The third-order valence-corrected chi connectivity index (χ3v) is 1.59. The van der Waals surface area contributed by atoms with Crippen LogP contribution in [0.2, 0.25) is 0 Å². The highest BCUT2D eigenvalue weighted by atomic mass is 19.4. The Hall–Kier alpha value is -1.74. The van der Waals surface area contributed by atoms with Crippen molar-refractivity contribution in [2.24, 2.45) is 0 Å². The predicted octanol–water partition coefficient (Wildman–Crippen LogP) is 1.95. The van der Waals surface area contributed by atoms with Crippen LogP contribution in [0.15, 0.2) is 18.2 Å². The van der Waals surface area contributed by atoms with Gasteiger partial charge in [-0.05, 0) is 12.1 Å². The minimum atomic E-state index is -4.84. The van der Waals surface area contributed by atoms with Crippen LogP contribution in [0.4, 0.5) is 13.2 Å². The van der Waals surface area contributed by atoms with Crippen molar-refractivity contribution in [3.05, 3.63) is 29.3 Å². The molecule has 0 bridgehead atoms. The Morgan fingerprint density at radius 2 is 2.07 bits per heavy atom. The molecule has 0 aliphatic carbocycles. The van der Waals surface area contributed by atoms with Crippen molar-refractivity contribution >= 4 is 0 Å². The van der Waals surface area contributed by atoms with Crippen molar-refractivity contribution < 1.29 is 23.0 Å². The zero-order chi connectivity index (χ0) is 11.5. The molecule has 3 nitrogen and oxygen atoms in total. The molecule has 0 radical (unpaired) electrons. The number of benzene rings is 1. The summed E-state index contributed by atoms with van der Waals surface area (Å²) in [4.78, 5) is 0. The summed E-state index contributed by atoms with van der Waals surface area (Å²) in [5.74, 6) is -0.552. The van der Waals surface area contributed by atoms with Gasteiger partial charge in [-0.3, -0.25) is 0 Å². The van der Waals surface area contributed by atoms with Crippen LogP contribution in [0.5, 0.6) is 5.75 Å². The summed E-state index contributed by atoms with van der Waals surface area (Å²) >= 11 is 0. The van der Waals surface area contributed by atoms with Gasteiger partial charge in [-0.2, -0.15) is 5.26 Å². The highest BCUT2D eigenvalue weighted by Gasteiger charge is 2.32. The molecule has 0 aliphatic rings. The summed E-state index contributed by atoms with van der Waals surface area (Å²) < 4.78 is 39.4. The van der Waals surface area contributed by atoms with Gasteiger partial charge in [0, 0.05) is 5.56 Å². The maximum absolute atomic E-state index is 11.9. The molecule has 0 spiro atoms. The minimum absolute atomic E-state index is 0.0219. The van der Waals surface area contributed by atoms with Crippen LogP contribution in [0.25, 0.3) is 0 Å². The fraction of sp³-hybridized carbons (Fsp3) is 0.222. The first-order valence-corrected chi connectivity index (χ1v) is 3.86. The van der Waals surface area contributed by atoms with Crippen LogP contribution in [-0.4, -0.2) is 11.5 Å². The molecule has 0 heterocycles. The summed E-state index contributed by atoms with van der Waals surface area (Å²) in [5.41, 5.74) is 0.0118. The molecule has 0 aromatic heterocycles. The molecule has 0 aliphatic heterocycles. The van der Waals surface area contributed by atoms with E-state index in [0.29, 0.717) is 0 Å². The Kier molecular flexibility index (Phi) is 3.17. The van der Waals surface area contributed by atoms with Gasteiger partial charge in [0.25, 0.3) is 0 Å². The van der Waals surface area contributed by atoms with E-state index in [2.05, 4.69) is 4.74 Å². The topological polar surface area (TPSA) is 53.2 Å². The summed E-state index contributed by atoms with van der Waals surface area (Å²) in [6.07, 6.45) is -4.84.